The molecule has 19 heavy (non-hydrogen) atoms. The zero-order chi connectivity index (χ0) is 13.8. The molecule has 0 bridgehead atoms. The van der Waals surface area contributed by atoms with Crippen LogP contribution in [0.4, 0.5) is 5.69 Å². The van der Waals surface area contributed by atoms with Crippen LogP contribution in [0, 0.1) is 0 Å². The molecule has 0 aliphatic rings. The van der Waals surface area contributed by atoms with E-state index in [2.05, 4.69) is 26.0 Å². The number of anilines is 1. The number of ether oxygens (including phenoxy) is 1. The molecule has 0 saturated carbocycles. The van der Waals surface area contributed by atoms with Crippen LogP contribution in [0.3, 0.4) is 0 Å². The fourth-order valence-corrected chi connectivity index (χ4v) is 2.05. The fraction of sp³-hybridized carbons (Fsp3) is 0.250. The summed E-state index contributed by atoms with van der Waals surface area (Å²) in [5, 5.41) is 0.519. The second-order valence-electron chi connectivity index (χ2n) is 4.67. The quantitative estimate of drug-likeness (QED) is 0.776. The summed E-state index contributed by atoms with van der Waals surface area (Å²) in [7, 11) is 0. The van der Waals surface area contributed by atoms with Crippen molar-refractivity contribution in [1.29, 1.82) is 0 Å². The van der Waals surface area contributed by atoms with E-state index in [1.54, 1.807) is 18.2 Å². The van der Waals surface area contributed by atoms with Gasteiger partial charge in [-0.1, -0.05) is 37.6 Å². The van der Waals surface area contributed by atoms with Crippen molar-refractivity contribution in [2.75, 3.05) is 5.73 Å². The van der Waals surface area contributed by atoms with E-state index in [-0.39, 0.29) is 0 Å². The molecule has 0 fully saturated rings. The van der Waals surface area contributed by atoms with Crippen LogP contribution >= 0.6 is 11.6 Å². The van der Waals surface area contributed by atoms with Crippen LogP contribution in [0.25, 0.3) is 0 Å². The first-order valence-electron chi connectivity index (χ1n) is 6.43. The maximum Gasteiger partial charge on any atom is 0.146 e. The van der Waals surface area contributed by atoms with Gasteiger partial charge in [-0.15, -0.1) is 0 Å². The Labute approximate surface area is 119 Å². The Morgan fingerprint density at radius 3 is 2.42 bits per heavy atom. The number of hydrogen-bond acceptors (Lipinski definition) is 2. The molecular formula is C16H18ClNO. The first-order chi connectivity index (χ1) is 9.10. The SMILES string of the molecule is CC[C@H](C)c1ccc(Oc2ccc(N)cc2Cl)cc1. The number of nitrogens with two attached hydrogens (primary N) is 1. The summed E-state index contributed by atoms with van der Waals surface area (Å²) < 4.78 is 5.75. The first-order valence-corrected chi connectivity index (χ1v) is 6.80. The van der Waals surface area contributed by atoms with Crippen molar-refractivity contribution in [3.05, 3.63) is 53.1 Å². The van der Waals surface area contributed by atoms with Crippen molar-refractivity contribution < 1.29 is 4.74 Å². The second-order valence-corrected chi connectivity index (χ2v) is 5.08. The van der Waals surface area contributed by atoms with Crippen molar-refractivity contribution in [3.63, 3.8) is 0 Å². The standard InChI is InChI=1S/C16H18ClNO/c1-3-11(2)12-4-7-14(8-5-12)19-16-9-6-13(18)10-15(16)17/h4-11H,3,18H2,1-2H3/t11-/m0/s1. The van der Waals surface area contributed by atoms with Gasteiger partial charge < -0.3 is 10.5 Å². The average molecular weight is 276 g/mol. The highest BCUT2D eigenvalue weighted by Crippen LogP contribution is 2.31. The third kappa shape index (κ3) is 3.42. The van der Waals surface area contributed by atoms with E-state index in [1.807, 2.05) is 12.1 Å². The van der Waals surface area contributed by atoms with Crippen LogP contribution in [-0.4, -0.2) is 0 Å². The molecule has 2 N–H and O–H groups in total. The summed E-state index contributed by atoms with van der Waals surface area (Å²) in [5.74, 6) is 1.96. The molecule has 2 rings (SSSR count). The molecule has 0 aliphatic heterocycles. The Hall–Kier alpha value is -1.67. The first kappa shape index (κ1) is 13.8. The molecule has 0 heterocycles. The molecule has 100 valence electrons. The number of rotatable bonds is 4. The smallest absolute Gasteiger partial charge is 0.146 e. The molecule has 2 aromatic rings. The van der Waals surface area contributed by atoms with Crippen LogP contribution in [-0.2, 0) is 0 Å². The lowest BCUT2D eigenvalue weighted by molar-refractivity contribution is 0.482. The number of nitrogen functional groups attached to an aromatic ring is 1. The van der Waals surface area contributed by atoms with E-state index in [1.165, 1.54) is 5.56 Å². The Morgan fingerprint density at radius 1 is 1.16 bits per heavy atom. The van der Waals surface area contributed by atoms with Crippen LogP contribution in [0.15, 0.2) is 42.5 Å². The molecule has 0 saturated heterocycles. The summed E-state index contributed by atoms with van der Waals surface area (Å²) in [5.41, 5.74) is 7.60. The van der Waals surface area contributed by atoms with Crippen molar-refractivity contribution in [1.82, 2.24) is 0 Å². The number of halogens is 1. The third-order valence-corrected chi connectivity index (χ3v) is 3.54. The lowest BCUT2D eigenvalue weighted by Crippen LogP contribution is -1.92. The van der Waals surface area contributed by atoms with Gasteiger partial charge in [0, 0.05) is 5.69 Å². The number of benzene rings is 2. The van der Waals surface area contributed by atoms with Gasteiger partial charge in [-0.05, 0) is 48.2 Å². The predicted octanol–water partition coefficient (Wildman–Crippen LogP) is 5.23. The van der Waals surface area contributed by atoms with Gasteiger partial charge in [-0.25, -0.2) is 0 Å². The van der Waals surface area contributed by atoms with Crippen LogP contribution in [0.5, 0.6) is 11.5 Å². The van der Waals surface area contributed by atoms with E-state index in [4.69, 9.17) is 22.1 Å². The van der Waals surface area contributed by atoms with E-state index in [0.29, 0.717) is 22.4 Å². The molecule has 0 aromatic heterocycles. The molecular weight excluding hydrogens is 258 g/mol. The molecule has 0 aliphatic carbocycles. The summed E-state index contributed by atoms with van der Waals surface area (Å²) in [4.78, 5) is 0. The van der Waals surface area contributed by atoms with E-state index in [0.717, 1.165) is 12.2 Å². The average Bonchev–Trinajstić information content (AvgIpc) is 2.42. The van der Waals surface area contributed by atoms with E-state index < -0.39 is 0 Å². The molecule has 0 amide bonds. The molecule has 2 nitrogen and oxygen atoms in total. The highest BCUT2D eigenvalue weighted by Gasteiger charge is 2.05. The fourth-order valence-electron chi connectivity index (χ4n) is 1.83. The van der Waals surface area contributed by atoms with Crippen molar-refractivity contribution in [3.8, 4) is 11.5 Å². The molecule has 0 unspecified atom stereocenters. The molecule has 3 heteroatoms. The van der Waals surface area contributed by atoms with Gasteiger partial charge >= 0.3 is 0 Å². The van der Waals surface area contributed by atoms with Crippen molar-refractivity contribution in [2.45, 2.75) is 26.2 Å². The Balaban J connectivity index is 2.15. The maximum atomic E-state index is 6.08. The van der Waals surface area contributed by atoms with Crippen LogP contribution in [0.1, 0.15) is 31.7 Å². The number of hydrogen-bond donors (Lipinski definition) is 1. The lowest BCUT2D eigenvalue weighted by atomic mass is 9.99. The van der Waals surface area contributed by atoms with Gasteiger partial charge in [-0.3, -0.25) is 0 Å². The molecule has 0 radical (unpaired) electrons. The van der Waals surface area contributed by atoms with Crippen LogP contribution in [0.2, 0.25) is 5.02 Å². The minimum Gasteiger partial charge on any atom is -0.456 e. The van der Waals surface area contributed by atoms with E-state index >= 15 is 0 Å². The third-order valence-electron chi connectivity index (χ3n) is 3.25. The van der Waals surface area contributed by atoms with E-state index in [9.17, 15) is 0 Å². The summed E-state index contributed by atoms with van der Waals surface area (Å²) in [6.07, 6.45) is 1.13. The molecule has 0 spiro atoms. The largest absolute Gasteiger partial charge is 0.456 e. The topological polar surface area (TPSA) is 35.2 Å². The Bertz CT molecular complexity index is 551. The maximum absolute atomic E-state index is 6.08. The summed E-state index contributed by atoms with van der Waals surface area (Å²) in [6.45, 7) is 4.40. The second kappa shape index (κ2) is 5.98. The Kier molecular flexibility index (Phi) is 4.33. The van der Waals surface area contributed by atoms with Crippen molar-refractivity contribution >= 4 is 17.3 Å². The van der Waals surface area contributed by atoms with Gasteiger partial charge in [0.05, 0.1) is 5.02 Å². The zero-order valence-corrected chi connectivity index (χ0v) is 11.9. The van der Waals surface area contributed by atoms with Gasteiger partial charge in [0.15, 0.2) is 0 Å². The minimum absolute atomic E-state index is 0.519. The predicted molar refractivity (Wildman–Crippen MR) is 81.1 cm³/mol. The van der Waals surface area contributed by atoms with Gasteiger partial charge in [-0.2, -0.15) is 0 Å². The molecule has 2 aromatic carbocycles. The van der Waals surface area contributed by atoms with Crippen LogP contribution < -0.4 is 10.5 Å². The molecule has 1 atom stereocenters. The summed E-state index contributed by atoms with van der Waals surface area (Å²) >= 11 is 6.08. The highest BCUT2D eigenvalue weighted by atomic mass is 35.5. The normalized spacial score (nSPS) is 12.2. The van der Waals surface area contributed by atoms with Gasteiger partial charge in [0.2, 0.25) is 0 Å². The monoisotopic (exact) mass is 275 g/mol. The zero-order valence-electron chi connectivity index (χ0n) is 11.2. The lowest BCUT2D eigenvalue weighted by Gasteiger charge is -2.11. The summed E-state index contributed by atoms with van der Waals surface area (Å²) in [6, 6.07) is 13.4. The highest BCUT2D eigenvalue weighted by molar-refractivity contribution is 6.32. The van der Waals surface area contributed by atoms with Crippen molar-refractivity contribution in [2.24, 2.45) is 0 Å². The van der Waals surface area contributed by atoms with Gasteiger partial charge in [0.25, 0.3) is 0 Å². The van der Waals surface area contributed by atoms with Gasteiger partial charge in [0.1, 0.15) is 11.5 Å². The minimum atomic E-state index is 0.519. The Morgan fingerprint density at radius 2 is 1.84 bits per heavy atom.